The monoisotopic (exact) mass is 301 g/mol. The molecule has 1 aromatic rings. The first-order valence-electron chi connectivity index (χ1n) is 7.57. The molecule has 0 saturated carbocycles. The maximum Gasteiger partial charge on any atom is 0.219 e. The molecule has 1 aromatic heterocycles. The molecule has 1 atom stereocenters. The van der Waals surface area contributed by atoms with Gasteiger partial charge in [0.2, 0.25) is 5.88 Å². The summed E-state index contributed by atoms with van der Waals surface area (Å²) in [7, 11) is 1.61. The lowest BCUT2D eigenvalue weighted by molar-refractivity contribution is 0.0593. The van der Waals surface area contributed by atoms with Gasteiger partial charge in [-0.1, -0.05) is 18.7 Å². The lowest BCUT2D eigenvalue weighted by atomic mass is 10.1. The van der Waals surface area contributed by atoms with E-state index in [9.17, 15) is 0 Å². The van der Waals surface area contributed by atoms with Crippen molar-refractivity contribution in [3.63, 3.8) is 0 Å². The molecule has 0 saturated heterocycles. The summed E-state index contributed by atoms with van der Waals surface area (Å²) in [5, 5.41) is 0. The molecule has 22 heavy (non-hydrogen) atoms. The van der Waals surface area contributed by atoms with Crippen LogP contribution in [0.15, 0.2) is 54.5 Å². The minimum absolute atomic E-state index is 0.241. The smallest absolute Gasteiger partial charge is 0.219 e. The highest BCUT2D eigenvalue weighted by molar-refractivity contribution is 5.32. The minimum atomic E-state index is 0.241. The third-order valence-electron chi connectivity index (χ3n) is 3.46. The second-order valence-electron chi connectivity index (χ2n) is 5.05. The van der Waals surface area contributed by atoms with Crippen LogP contribution in [0, 0.1) is 0 Å². The van der Waals surface area contributed by atoms with Crippen molar-refractivity contribution >= 4 is 0 Å². The number of hydrogen-bond acceptors (Lipinski definition) is 4. The average Bonchev–Trinajstić information content (AvgIpc) is 2.62. The zero-order chi connectivity index (χ0) is 15.8. The number of nitrogens with zero attached hydrogens (tertiary/aromatic N) is 1. The van der Waals surface area contributed by atoms with Crippen LogP contribution in [0.5, 0.6) is 11.6 Å². The maximum atomic E-state index is 5.86. The SMILES string of the molecule is C=C1CCC(OCC)C/C=C\C=C/1Oc1ccc(OC)cn1. The lowest BCUT2D eigenvalue weighted by Gasteiger charge is -2.16. The summed E-state index contributed by atoms with van der Waals surface area (Å²) in [6.45, 7) is 6.88. The van der Waals surface area contributed by atoms with E-state index < -0.39 is 0 Å². The molecular weight excluding hydrogens is 278 g/mol. The van der Waals surface area contributed by atoms with E-state index in [-0.39, 0.29) is 6.10 Å². The van der Waals surface area contributed by atoms with E-state index in [1.54, 1.807) is 19.4 Å². The number of hydrogen-bond donors (Lipinski definition) is 0. The van der Waals surface area contributed by atoms with Gasteiger partial charge in [-0.15, -0.1) is 0 Å². The average molecular weight is 301 g/mol. The van der Waals surface area contributed by atoms with Crippen molar-refractivity contribution in [3.05, 3.63) is 54.5 Å². The van der Waals surface area contributed by atoms with Crippen LogP contribution in [0.1, 0.15) is 26.2 Å². The van der Waals surface area contributed by atoms with Gasteiger partial charge in [0.05, 0.1) is 19.4 Å². The van der Waals surface area contributed by atoms with Crippen LogP contribution in [0.25, 0.3) is 0 Å². The van der Waals surface area contributed by atoms with E-state index >= 15 is 0 Å². The number of rotatable bonds is 5. The molecular formula is C18H23NO3. The Morgan fingerprint density at radius 1 is 1.36 bits per heavy atom. The maximum absolute atomic E-state index is 5.86. The van der Waals surface area contributed by atoms with Crippen LogP contribution in [0.4, 0.5) is 0 Å². The molecule has 2 rings (SSSR count). The van der Waals surface area contributed by atoms with Crippen molar-refractivity contribution in [1.82, 2.24) is 4.98 Å². The van der Waals surface area contributed by atoms with Gasteiger partial charge in [-0.25, -0.2) is 4.98 Å². The zero-order valence-electron chi connectivity index (χ0n) is 13.2. The van der Waals surface area contributed by atoms with E-state index in [1.807, 2.05) is 25.1 Å². The van der Waals surface area contributed by atoms with Crippen LogP contribution in [0.2, 0.25) is 0 Å². The van der Waals surface area contributed by atoms with Gasteiger partial charge in [0, 0.05) is 12.7 Å². The standard InChI is InChI=1S/C18H23NO3/c1-4-21-15-7-5-6-8-17(14(2)9-10-15)22-18-12-11-16(20-3)13-19-18/h5-6,8,11-13,15H,2,4,7,9-10H2,1,3H3/b6-5-,17-8+. The molecule has 0 aliphatic heterocycles. The molecule has 0 N–H and O–H groups in total. The molecule has 1 heterocycles. The normalized spacial score (nSPS) is 22.7. The number of methoxy groups -OCH3 is 1. The Hall–Kier alpha value is -2.07. The number of pyridine rings is 1. The highest BCUT2D eigenvalue weighted by atomic mass is 16.5. The van der Waals surface area contributed by atoms with E-state index in [2.05, 4.69) is 17.6 Å². The quantitative estimate of drug-likeness (QED) is 0.822. The van der Waals surface area contributed by atoms with Crippen molar-refractivity contribution in [2.75, 3.05) is 13.7 Å². The first-order valence-corrected chi connectivity index (χ1v) is 7.57. The molecule has 0 aromatic carbocycles. The molecule has 1 unspecified atom stereocenters. The van der Waals surface area contributed by atoms with Gasteiger partial charge >= 0.3 is 0 Å². The summed E-state index contributed by atoms with van der Waals surface area (Å²) in [6, 6.07) is 3.61. The van der Waals surface area contributed by atoms with Crippen LogP contribution in [-0.2, 0) is 4.74 Å². The highest BCUT2D eigenvalue weighted by Crippen LogP contribution is 2.23. The van der Waals surface area contributed by atoms with Crippen molar-refractivity contribution in [1.29, 1.82) is 0 Å². The first-order chi connectivity index (χ1) is 10.7. The van der Waals surface area contributed by atoms with Gasteiger partial charge < -0.3 is 14.2 Å². The fourth-order valence-electron chi connectivity index (χ4n) is 2.23. The summed E-state index contributed by atoms with van der Waals surface area (Å²) in [5.41, 5.74) is 0.953. The lowest BCUT2D eigenvalue weighted by Crippen LogP contribution is -2.12. The van der Waals surface area contributed by atoms with Crippen molar-refractivity contribution < 1.29 is 14.2 Å². The second-order valence-corrected chi connectivity index (χ2v) is 5.05. The Balaban J connectivity index is 2.04. The van der Waals surface area contributed by atoms with Gasteiger partial charge in [-0.2, -0.15) is 0 Å². The van der Waals surface area contributed by atoms with Crippen LogP contribution in [-0.4, -0.2) is 24.8 Å². The molecule has 0 spiro atoms. The summed E-state index contributed by atoms with van der Waals surface area (Å²) in [4.78, 5) is 4.22. The molecule has 1 aliphatic rings. The second kappa shape index (κ2) is 8.39. The van der Waals surface area contributed by atoms with E-state index in [0.717, 1.165) is 37.2 Å². The van der Waals surface area contributed by atoms with Gasteiger partial charge in [0.15, 0.2) is 0 Å². The Morgan fingerprint density at radius 3 is 2.91 bits per heavy atom. The van der Waals surface area contributed by atoms with Crippen molar-refractivity contribution in [2.24, 2.45) is 0 Å². The van der Waals surface area contributed by atoms with Crippen LogP contribution < -0.4 is 9.47 Å². The number of allylic oxidation sites excluding steroid dienone is 3. The summed E-state index contributed by atoms with van der Waals surface area (Å²) in [5.74, 6) is 1.97. The Morgan fingerprint density at radius 2 is 2.23 bits per heavy atom. The summed E-state index contributed by atoms with van der Waals surface area (Å²) in [6.07, 6.45) is 10.6. The summed E-state index contributed by atoms with van der Waals surface area (Å²) >= 11 is 0. The largest absolute Gasteiger partial charge is 0.495 e. The van der Waals surface area contributed by atoms with Gasteiger partial charge in [0.25, 0.3) is 0 Å². The highest BCUT2D eigenvalue weighted by Gasteiger charge is 2.13. The predicted molar refractivity (Wildman–Crippen MR) is 87.0 cm³/mol. The van der Waals surface area contributed by atoms with Crippen molar-refractivity contribution in [3.8, 4) is 11.6 Å². The van der Waals surface area contributed by atoms with Gasteiger partial charge in [-0.05, 0) is 43.9 Å². The Bertz CT molecular complexity index is 546. The fourth-order valence-corrected chi connectivity index (χ4v) is 2.23. The van der Waals surface area contributed by atoms with E-state index in [0.29, 0.717) is 11.6 Å². The molecule has 0 amide bonds. The van der Waals surface area contributed by atoms with Crippen LogP contribution in [0.3, 0.4) is 0 Å². The third kappa shape index (κ3) is 4.74. The molecule has 0 fully saturated rings. The molecule has 0 bridgehead atoms. The molecule has 1 aliphatic carbocycles. The summed E-state index contributed by atoms with van der Waals surface area (Å²) < 4.78 is 16.7. The van der Waals surface area contributed by atoms with Crippen LogP contribution >= 0.6 is 0 Å². The van der Waals surface area contributed by atoms with E-state index in [1.165, 1.54) is 0 Å². The van der Waals surface area contributed by atoms with Gasteiger partial charge in [-0.3, -0.25) is 0 Å². The Kier molecular flexibility index (Phi) is 6.22. The molecule has 4 heteroatoms. The molecule has 118 valence electrons. The van der Waals surface area contributed by atoms with Crippen molar-refractivity contribution in [2.45, 2.75) is 32.3 Å². The first kappa shape index (κ1) is 16.3. The number of ether oxygens (including phenoxy) is 3. The van der Waals surface area contributed by atoms with E-state index in [4.69, 9.17) is 14.2 Å². The van der Waals surface area contributed by atoms with Gasteiger partial charge in [0.1, 0.15) is 11.5 Å². The fraction of sp³-hybridized carbons (Fsp3) is 0.389. The third-order valence-corrected chi connectivity index (χ3v) is 3.46. The Labute approximate surface area is 132 Å². The zero-order valence-corrected chi connectivity index (χ0v) is 13.2. The molecule has 4 nitrogen and oxygen atoms in total. The molecule has 0 radical (unpaired) electrons. The topological polar surface area (TPSA) is 40.6 Å². The predicted octanol–water partition coefficient (Wildman–Crippen LogP) is 4.05. The number of aromatic nitrogens is 1. The minimum Gasteiger partial charge on any atom is -0.495 e.